The Morgan fingerprint density at radius 2 is 1.85 bits per heavy atom. The first-order chi connectivity index (χ1) is 9.52. The zero-order valence-electron chi connectivity index (χ0n) is 11.2. The number of rotatable bonds is 4. The summed E-state index contributed by atoms with van der Waals surface area (Å²) in [6, 6.07) is 11.9. The highest BCUT2D eigenvalue weighted by atomic mass is 79.9. The molecule has 20 heavy (non-hydrogen) atoms. The SMILES string of the molecule is Cc1ccc(Br)cc1C(O)C(CN)c1ccc(F)cc1. The lowest BCUT2D eigenvalue weighted by Gasteiger charge is -2.24. The van der Waals surface area contributed by atoms with E-state index in [0.717, 1.165) is 21.2 Å². The van der Waals surface area contributed by atoms with Crippen molar-refractivity contribution in [3.05, 3.63) is 69.4 Å². The first-order valence-corrected chi connectivity index (χ1v) is 7.22. The maximum absolute atomic E-state index is 13.0. The van der Waals surface area contributed by atoms with E-state index in [1.807, 2.05) is 25.1 Å². The second-order valence-corrected chi connectivity index (χ2v) is 5.76. The van der Waals surface area contributed by atoms with Gasteiger partial charge in [0, 0.05) is 16.9 Å². The summed E-state index contributed by atoms with van der Waals surface area (Å²) >= 11 is 3.41. The van der Waals surface area contributed by atoms with Gasteiger partial charge in [-0.1, -0.05) is 34.1 Å². The normalized spacial score (nSPS) is 14.1. The van der Waals surface area contributed by atoms with Crippen LogP contribution in [0.25, 0.3) is 0 Å². The number of aryl methyl sites for hydroxylation is 1. The van der Waals surface area contributed by atoms with Gasteiger partial charge < -0.3 is 10.8 Å². The lowest BCUT2D eigenvalue weighted by Crippen LogP contribution is -2.20. The predicted molar refractivity (Wildman–Crippen MR) is 82.0 cm³/mol. The van der Waals surface area contributed by atoms with Crippen LogP contribution < -0.4 is 5.73 Å². The third kappa shape index (κ3) is 3.26. The average Bonchev–Trinajstić information content (AvgIpc) is 2.44. The van der Waals surface area contributed by atoms with Crippen molar-refractivity contribution < 1.29 is 9.50 Å². The van der Waals surface area contributed by atoms with Gasteiger partial charge in [-0.15, -0.1) is 0 Å². The summed E-state index contributed by atoms with van der Waals surface area (Å²) in [5.74, 6) is -0.554. The van der Waals surface area contributed by atoms with Gasteiger partial charge in [0.2, 0.25) is 0 Å². The molecule has 2 aromatic carbocycles. The summed E-state index contributed by atoms with van der Waals surface area (Å²) in [5.41, 5.74) is 8.47. The number of hydrogen-bond acceptors (Lipinski definition) is 2. The molecule has 0 heterocycles. The quantitative estimate of drug-likeness (QED) is 0.893. The van der Waals surface area contributed by atoms with Gasteiger partial charge in [0.05, 0.1) is 6.10 Å². The molecule has 3 N–H and O–H groups in total. The van der Waals surface area contributed by atoms with E-state index in [4.69, 9.17) is 5.73 Å². The summed E-state index contributed by atoms with van der Waals surface area (Å²) in [4.78, 5) is 0. The van der Waals surface area contributed by atoms with E-state index >= 15 is 0 Å². The Labute approximate surface area is 126 Å². The highest BCUT2D eigenvalue weighted by Crippen LogP contribution is 2.33. The van der Waals surface area contributed by atoms with Gasteiger partial charge in [-0.25, -0.2) is 4.39 Å². The summed E-state index contributed by atoms with van der Waals surface area (Å²) in [5, 5.41) is 10.6. The average molecular weight is 338 g/mol. The van der Waals surface area contributed by atoms with E-state index in [1.54, 1.807) is 12.1 Å². The van der Waals surface area contributed by atoms with Crippen LogP contribution in [0, 0.1) is 12.7 Å². The van der Waals surface area contributed by atoms with E-state index in [2.05, 4.69) is 15.9 Å². The lowest BCUT2D eigenvalue weighted by molar-refractivity contribution is 0.146. The van der Waals surface area contributed by atoms with Crippen LogP contribution in [0.1, 0.15) is 28.7 Å². The standard InChI is InChI=1S/C16H17BrFNO/c1-10-2-5-12(17)8-14(10)16(20)15(9-19)11-3-6-13(18)7-4-11/h2-8,15-16,20H,9,19H2,1H3. The maximum atomic E-state index is 13.0. The Morgan fingerprint density at radius 1 is 1.20 bits per heavy atom. The van der Waals surface area contributed by atoms with Gasteiger partial charge in [-0.2, -0.15) is 0 Å². The smallest absolute Gasteiger partial charge is 0.123 e. The fourth-order valence-corrected chi connectivity index (χ4v) is 2.68. The molecule has 0 spiro atoms. The number of aliphatic hydroxyl groups excluding tert-OH is 1. The molecule has 0 aromatic heterocycles. The van der Waals surface area contributed by atoms with Crippen LogP contribution in [0.2, 0.25) is 0 Å². The first kappa shape index (κ1) is 15.2. The molecule has 0 fully saturated rings. The van der Waals surface area contributed by atoms with E-state index in [-0.39, 0.29) is 11.7 Å². The van der Waals surface area contributed by atoms with Crippen molar-refractivity contribution in [2.75, 3.05) is 6.54 Å². The minimum Gasteiger partial charge on any atom is -0.388 e. The third-order valence-electron chi connectivity index (χ3n) is 3.49. The van der Waals surface area contributed by atoms with E-state index in [9.17, 15) is 9.50 Å². The minimum absolute atomic E-state index is 0.261. The molecule has 2 aromatic rings. The van der Waals surface area contributed by atoms with E-state index in [0.29, 0.717) is 6.54 Å². The Hall–Kier alpha value is -1.23. The van der Waals surface area contributed by atoms with Crippen molar-refractivity contribution in [3.8, 4) is 0 Å². The van der Waals surface area contributed by atoms with Crippen molar-refractivity contribution in [1.29, 1.82) is 0 Å². The Morgan fingerprint density at radius 3 is 2.45 bits per heavy atom. The number of nitrogens with two attached hydrogens (primary N) is 1. The molecule has 106 valence electrons. The van der Waals surface area contributed by atoms with Crippen molar-refractivity contribution >= 4 is 15.9 Å². The molecule has 0 amide bonds. The monoisotopic (exact) mass is 337 g/mol. The fraction of sp³-hybridized carbons (Fsp3) is 0.250. The second kappa shape index (κ2) is 6.48. The molecule has 0 radical (unpaired) electrons. The Kier molecular flexibility index (Phi) is 4.91. The fourth-order valence-electron chi connectivity index (χ4n) is 2.30. The summed E-state index contributed by atoms with van der Waals surface area (Å²) in [6.45, 7) is 2.24. The van der Waals surface area contributed by atoms with Gasteiger partial charge in [-0.3, -0.25) is 0 Å². The van der Waals surface area contributed by atoms with Crippen LogP contribution in [0.4, 0.5) is 4.39 Å². The molecule has 0 saturated heterocycles. The van der Waals surface area contributed by atoms with Gasteiger partial charge in [0.1, 0.15) is 5.82 Å². The topological polar surface area (TPSA) is 46.2 Å². The molecule has 0 aliphatic carbocycles. The Bertz CT molecular complexity index is 586. The largest absolute Gasteiger partial charge is 0.388 e. The zero-order chi connectivity index (χ0) is 14.7. The number of aliphatic hydroxyl groups is 1. The zero-order valence-corrected chi connectivity index (χ0v) is 12.8. The molecular formula is C16H17BrFNO. The first-order valence-electron chi connectivity index (χ1n) is 6.42. The van der Waals surface area contributed by atoms with Crippen LogP contribution in [0.15, 0.2) is 46.9 Å². The summed E-state index contributed by atoms with van der Waals surface area (Å²) in [6.07, 6.45) is -0.719. The van der Waals surface area contributed by atoms with Crippen LogP contribution >= 0.6 is 15.9 Å². The molecule has 0 aliphatic rings. The van der Waals surface area contributed by atoms with Crippen molar-refractivity contribution in [3.63, 3.8) is 0 Å². The maximum Gasteiger partial charge on any atom is 0.123 e. The number of hydrogen-bond donors (Lipinski definition) is 2. The van der Waals surface area contributed by atoms with E-state index in [1.165, 1.54) is 12.1 Å². The van der Waals surface area contributed by atoms with Crippen LogP contribution in [0.5, 0.6) is 0 Å². The third-order valence-corrected chi connectivity index (χ3v) is 3.99. The summed E-state index contributed by atoms with van der Waals surface area (Å²) < 4.78 is 13.9. The summed E-state index contributed by atoms with van der Waals surface area (Å²) in [7, 11) is 0. The van der Waals surface area contributed by atoms with Crippen LogP contribution in [-0.4, -0.2) is 11.7 Å². The second-order valence-electron chi connectivity index (χ2n) is 4.84. The van der Waals surface area contributed by atoms with Crippen molar-refractivity contribution in [2.24, 2.45) is 5.73 Å². The molecule has 0 saturated carbocycles. The minimum atomic E-state index is -0.719. The highest BCUT2D eigenvalue weighted by molar-refractivity contribution is 9.10. The molecule has 2 rings (SSSR count). The molecule has 2 nitrogen and oxygen atoms in total. The molecule has 0 aliphatic heterocycles. The molecule has 2 atom stereocenters. The molecule has 2 unspecified atom stereocenters. The van der Waals surface area contributed by atoms with Gasteiger partial charge in [0.25, 0.3) is 0 Å². The van der Waals surface area contributed by atoms with E-state index < -0.39 is 6.10 Å². The number of halogens is 2. The van der Waals surface area contributed by atoms with Gasteiger partial charge in [-0.05, 0) is 47.9 Å². The van der Waals surface area contributed by atoms with Crippen molar-refractivity contribution in [2.45, 2.75) is 18.9 Å². The van der Waals surface area contributed by atoms with Crippen LogP contribution in [0.3, 0.4) is 0 Å². The highest BCUT2D eigenvalue weighted by Gasteiger charge is 2.23. The van der Waals surface area contributed by atoms with Crippen LogP contribution in [-0.2, 0) is 0 Å². The van der Waals surface area contributed by atoms with Crippen molar-refractivity contribution in [1.82, 2.24) is 0 Å². The molecule has 4 heteroatoms. The molecule has 0 bridgehead atoms. The number of benzene rings is 2. The predicted octanol–water partition coefficient (Wildman–Crippen LogP) is 3.67. The molecular weight excluding hydrogens is 321 g/mol. The van der Waals surface area contributed by atoms with Gasteiger partial charge >= 0.3 is 0 Å². The van der Waals surface area contributed by atoms with Gasteiger partial charge in [0.15, 0.2) is 0 Å². The lowest BCUT2D eigenvalue weighted by atomic mass is 9.87. The Balaban J connectivity index is 2.35.